The van der Waals surface area contributed by atoms with Crippen molar-refractivity contribution in [3.63, 3.8) is 0 Å². The third kappa shape index (κ3) is 2.95. The number of aliphatic hydroxyl groups is 1. The third-order valence-electron chi connectivity index (χ3n) is 8.43. The lowest BCUT2D eigenvalue weighted by Crippen LogP contribution is -2.41. The molecule has 0 aliphatic heterocycles. The number of aromatic hydroxyl groups is 1. The normalized spacial score (nSPS) is 31.7. The Balaban J connectivity index is 1.79. The van der Waals surface area contributed by atoms with Gasteiger partial charge in [0, 0.05) is 5.41 Å². The molecule has 0 unspecified atom stereocenters. The van der Waals surface area contributed by atoms with Crippen molar-refractivity contribution in [2.75, 3.05) is 0 Å². The molecule has 3 aliphatic carbocycles. The first-order chi connectivity index (χ1) is 13.3. The predicted molar refractivity (Wildman–Crippen MR) is 116 cm³/mol. The fourth-order valence-corrected chi connectivity index (χ4v) is 6.95. The van der Waals surface area contributed by atoms with Gasteiger partial charge in [0.1, 0.15) is 5.75 Å². The molecule has 0 amide bonds. The Bertz CT molecular complexity index is 790. The van der Waals surface area contributed by atoms with Gasteiger partial charge in [-0.05, 0) is 92.4 Å². The maximum atomic E-state index is 10.7. The van der Waals surface area contributed by atoms with Gasteiger partial charge in [0.15, 0.2) is 0 Å². The van der Waals surface area contributed by atoms with E-state index in [9.17, 15) is 10.2 Å². The second kappa shape index (κ2) is 7.20. The van der Waals surface area contributed by atoms with Crippen molar-refractivity contribution < 1.29 is 10.2 Å². The first-order valence-electron chi connectivity index (χ1n) is 11.6. The standard InChI is InChI=1S/C26H38O2/c1-5-26-14-13-25(12-6-7-17(2)3)16-19(27)15-23(25)22(26)9-8-20-18(4)24(28)11-10-21(20)26/h10-11,17,19,27-28H,5-9,12-16H2,1-4H3/t19-,25-,26+/m1/s1. The molecule has 2 N–H and O–H groups in total. The molecule has 154 valence electrons. The van der Waals surface area contributed by atoms with E-state index < -0.39 is 0 Å². The minimum absolute atomic E-state index is 0.132. The van der Waals surface area contributed by atoms with Crippen LogP contribution in [0.2, 0.25) is 0 Å². The highest BCUT2D eigenvalue weighted by atomic mass is 16.3. The van der Waals surface area contributed by atoms with Crippen LogP contribution in [0.25, 0.3) is 0 Å². The SMILES string of the molecule is CC[C@@]12CC[C@]3(CCCC(C)C)C[C@H](O)CC3=C1CCc1c2ccc(O)c1C. The van der Waals surface area contributed by atoms with E-state index in [0.717, 1.165) is 43.6 Å². The molecule has 0 saturated heterocycles. The van der Waals surface area contributed by atoms with Crippen LogP contribution in [-0.4, -0.2) is 16.3 Å². The Morgan fingerprint density at radius 1 is 1.14 bits per heavy atom. The van der Waals surface area contributed by atoms with Gasteiger partial charge in [0.2, 0.25) is 0 Å². The monoisotopic (exact) mass is 382 g/mol. The molecule has 1 aromatic rings. The largest absolute Gasteiger partial charge is 0.508 e. The van der Waals surface area contributed by atoms with Crippen LogP contribution in [0, 0.1) is 18.3 Å². The summed E-state index contributed by atoms with van der Waals surface area (Å²) in [4.78, 5) is 0. The number of aliphatic hydroxyl groups excluding tert-OH is 1. The molecule has 2 nitrogen and oxygen atoms in total. The summed E-state index contributed by atoms with van der Waals surface area (Å²) in [6, 6.07) is 4.12. The number of hydrogen-bond acceptors (Lipinski definition) is 2. The lowest BCUT2D eigenvalue weighted by Gasteiger charge is -2.51. The van der Waals surface area contributed by atoms with E-state index in [1.165, 1.54) is 43.2 Å². The third-order valence-corrected chi connectivity index (χ3v) is 8.43. The van der Waals surface area contributed by atoms with Gasteiger partial charge in [-0.3, -0.25) is 0 Å². The molecule has 28 heavy (non-hydrogen) atoms. The Morgan fingerprint density at radius 2 is 1.93 bits per heavy atom. The topological polar surface area (TPSA) is 40.5 Å². The summed E-state index contributed by atoms with van der Waals surface area (Å²) in [5.74, 6) is 1.20. The fourth-order valence-electron chi connectivity index (χ4n) is 6.95. The van der Waals surface area contributed by atoms with Crippen molar-refractivity contribution in [2.45, 2.75) is 103 Å². The molecular weight excluding hydrogens is 344 g/mol. The van der Waals surface area contributed by atoms with Crippen LogP contribution in [0.1, 0.15) is 95.2 Å². The number of benzene rings is 1. The maximum absolute atomic E-state index is 10.7. The van der Waals surface area contributed by atoms with Gasteiger partial charge in [-0.1, -0.05) is 50.8 Å². The molecule has 1 saturated carbocycles. The highest BCUT2D eigenvalue weighted by Crippen LogP contribution is 2.63. The van der Waals surface area contributed by atoms with Gasteiger partial charge in [0.05, 0.1) is 6.10 Å². The zero-order valence-corrected chi connectivity index (χ0v) is 18.3. The van der Waals surface area contributed by atoms with E-state index in [0.29, 0.717) is 5.75 Å². The van der Waals surface area contributed by atoms with Crippen molar-refractivity contribution in [3.8, 4) is 5.75 Å². The van der Waals surface area contributed by atoms with Gasteiger partial charge >= 0.3 is 0 Å². The van der Waals surface area contributed by atoms with Gasteiger partial charge < -0.3 is 10.2 Å². The summed E-state index contributed by atoms with van der Waals surface area (Å²) in [7, 11) is 0. The Morgan fingerprint density at radius 3 is 2.64 bits per heavy atom. The minimum Gasteiger partial charge on any atom is -0.508 e. The first kappa shape index (κ1) is 20.0. The van der Waals surface area contributed by atoms with E-state index in [-0.39, 0.29) is 16.9 Å². The molecular formula is C26H38O2. The van der Waals surface area contributed by atoms with Gasteiger partial charge in [0.25, 0.3) is 0 Å². The van der Waals surface area contributed by atoms with Crippen LogP contribution in [0.3, 0.4) is 0 Å². The zero-order valence-electron chi connectivity index (χ0n) is 18.3. The van der Waals surface area contributed by atoms with Gasteiger partial charge in [-0.2, -0.15) is 0 Å². The second-order valence-electron chi connectivity index (χ2n) is 10.3. The van der Waals surface area contributed by atoms with Crippen LogP contribution < -0.4 is 0 Å². The van der Waals surface area contributed by atoms with E-state index >= 15 is 0 Å². The van der Waals surface area contributed by atoms with E-state index in [2.05, 4.69) is 33.8 Å². The van der Waals surface area contributed by atoms with Crippen molar-refractivity contribution in [3.05, 3.63) is 40.0 Å². The lowest BCUT2D eigenvalue weighted by atomic mass is 9.53. The average molecular weight is 383 g/mol. The minimum atomic E-state index is -0.155. The number of allylic oxidation sites excluding steroid dienone is 1. The number of rotatable bonds is 5. The predicted octanol–water partition coefficient (Wildman–Crippen LogP) is 6.35. The van der Waals surface area contributed by atoms with Crippen molar-refractivity contribution in [2.24, 2.45) is 11.3 Å². The first-order valence-corrected chi connectivity index (χ1v) is 11.6. The molecule has 0 heterocycles. The Hall–Kier alpha value is -1.28. The highest BCUT2D eigenvalue weighted by molar-refractivity contribution is 5.56. The smallest absolute Gasteiger partial charge is 0.118 e. The Labute approximate surface area is 171 Å². The van der Waals surface area contributed by atoms with Crippen molar-refractivity contribution >= 4 is 0 Å². The quantitative estimate of drug-likeness (QED) is 0.582. The molecule has 0 bridgehead atoms. The summed E-state index contributed by atoms with van der Waals surface area (Å²) in [5, 5.41) is 20.9. The van der Waals surface area contributed by atoms with Gasteiger partial charge in [-0.25, -0.2) is 0 Å². The van der Waals surface area contributed by atoms with E-state index in [1.54, 1.807) is 11.1 Å². The van der Waals surface area contributed by atoms with Crippen molar-refractivity contribution in [1.29, 1.82) is 0 Å². The van der Waals surface area contributed by atoms with Crippen molar-refractivity contribution in [1.82, 2.24) is 0 Å². The molecule has 2 heteroatoms. The van der Waals surface area contributed by atoms with Gasteiger partial charge in [-0.15, -0.1) is 0 Å². The molecule has 1 aromatic carbocycles. The average Bonchev–Trinajstić information content (AvgIpc) is 3.00. The molecule has 3 aliphatic rings. The summed E-state index contributed by atoms with van der Waals surface area (Å²) < 4.78 is 0. The highest BCUT2D eigenvalue weighted by Gasteiger charge is 2.53. The summed E-state index contributed by atoms with van der Waals surface area (Å²) >= 11 is 0. The molecule has 0 spiro atoms. The molecule has 3 atom stereocenters. The maximum Gasteiger partial charge on any atom is 0.118 e. The van der Waals surface area contributed by atoms with Crippen LogP contribution in [0.5, 0.6) is 5.75 Å². The zero-order chi connectivity index (χ0) is 20.1. The second-order valence-corrected chi connectivity index (χ2v) is 10.3. The number of hydrogen-bond donors (Lipinski definition) is 2. The van der Waals surface area contributed by atoms with E-state index in [4.69, 9.17) is 0 Å². The van der Waals surface area contributed by atoms with Crippen LogP contribution in [0.15, 0.2) is 23.3 Å². The summed E-state index contributed by atoms with van der Waals surface area (Å²) in [6.07, 6.45) is 11.2. The fraction of sp³-hybridized carbons (Fsp3) is 0.692. The van der Waals surface area contributed by atoms with Crippen LogP contribution >= 0.6 is 0 Å². The number of phenolic OH excluding ortho intramolecular Hbond substituents is 1. The van der Waals surface area contributed by atoms with Crippen LogP contribution in [-0.2, 0) is 11.8 Å². The van der Waals surface area contributed by atoms with Crippen LogP contribution in [0.4, 0.5) is 0 Å². The Kier molecular flexibility index (Phi) is 5.15. The molecule has 4 rings (SSSR count). The summed E-state index contributed by atoms with van der Waals surface area (Å²) in [6.45, 7) is 9.06. The lowest BCUT2D eigenvalue weighted by molar-refractivity contribution is 0.141. The number of fused-ring (bicyclic) bond motifs is 4. The molecule has 0 aromatic heterocycles. The molecule has 1 fully saturated rings. The molecule has 0 radical (unpaired) electrons. The number of phenols is 1. The van der Waals surface area contributed by atoms with E-state index in [1.807, 2.05) is 6.07 Å². The summed E-state index contributed by atoms with van der Waals surface area (Å²) in [5.41, 5.74) is 7.62.